The van der Waals surface area contributed by atoms with Gasteiger partial charge in [0.2, 0.25) is 0 Å². The molecule has 2 aromatic rings. The molecular weight excluding hydrogens is 375 g/mol. The molecule has 0 saturated heterocycles. The van der Waals surface area contributed by atoms with Crippen molar-refractivity contribution in [3.05, 3.63) is 57.6 Å². The predicted molar refractivity (Wildman–Crippen MR) is 101 cm³/mol. The van der Waals surface area contributed by atoms with Crippen LogP contribution in [0.3, 0.4) is 0 Å². The van der Waals surface area contributed by atoms with Gasteiger partial charge in [-0.15, -0.1) is 0 Å². The van der Waals surface area contributed by atoms with E-state index in [1.54, 1.807) is 43.3 Å². The maximum atomic E-state index is 12.4. The summed E-state index contributed by atoms with van der Waals surface area (Å²) < 4.78 is 10.9. The molecule has 2 atom stereocenters. The number of nitrogens with zero attached hydrogens (tertiary/aromatic N) is 1. The lowest BCUT2D eigenvalue weighted by Gasteiger charge is -2.20. The fourth-order valence-electron chi connectivity index (χ4n) is 2.34. The monoisotopic (exact) mass is 392 g/mol. The zero-order valence-electron chi connectivity index (χ0n) is 14.5. The molecular formula is C19H18Cl2N2O3. The Morgan fingerprint density at radius 1 is 1.15 bits per heavy atom. The molecule has 0 aliphatic rings. The van der Waals surface area contributed by atoms with Gasteiger partial charge in [0.05, 0.1) is 24.8 Å². The fraction of sp³-hybridized carbons (Fsp3) is 0.263. The molecule has 1 N–H and O–H groups in total. The van der Waals surface area contributed by atoms with E-state index in [1.807, 2.05) is 13.0 Å². The predicted octanol–water partition coefficient (Wildman–Crippen LogP) is 4.52. The second-order valence-corrected chi connectivity index (χ2v) is 6.48. The Labute approximate surface area is 162 Å². The third-order valence-corrected chi connectivity index (χ3v) is 4.32. The van der Waals surface area contributed by atoms with Gasteiger partial charge in [-0.05, 0) is 43.7 Å². The Morgan fingerprint density at radius 2 is 1.88 bits per heavy atom. The van der Waals surface area contributed by atoms with Gasteiger partial charge < -0.3 is 14.8 Å². The number of carbonyl (C=O) groups excluding carboxylic acids is 1. The number of ether oxygens (including phenoxy) is 2. The quantitative estimate of drug-likeness (QED) is 0.784. The normalized spacial score (nSPS) is 12.6. The van der Waals surface area contributed by atoms with E-state index in [2.05, 4.69) is 5.32 Å². The van der Waals surface area contributed by atoms with Gasteiger partial charge in [-0.1, -0.05) is 29.3 Å². The SMILES string of the molecule is COc1cc(C#N)ccc1O[C@@H](C)C(=O)N[C@@H](C)c1ccc(Cl)cc1Cl. The summed E-state index contributed by atoms with van der Waals surface area (Å²) in [5.41, 5.74) is 1.20. The summed E-state index contributed by atoms with van der Waals surface area (Å²) in [7, 11) is 1.47. The summed E-state index contributed by atoms with van der Waals surface area (Å²) in [6.07, 6.45) is -0.773. The second kappa shape index (κ2) is 8.79. The number of benzene rings is 2. The van der Waals surface area contributed by atoms with Gasteiger partial charge in [0.25, 0.3) is 5.91 Å². The minimum absolute atomic E-state index is 0.310. The van der Waals surface area contributed by atoms with Crippen LogP contribution in [0.4, 0.5) is 0 Å². The number of hydrogen-bond donors (Lipinski definition) is 1. The first-order valence-electron chi connectivity index (χ1n) is 7.85. The molecule has 0 heterocycles. The van der Waals surface area contributed by atoms with Crippen molar-refractivity contribution in [2.75, 3.05) is 7.11 Å². The van der Waals surface area contributed by atoms with E-state index in [-0.39, 0.29) is 11.9 Å². The van der Waals surface area contributed by atoms with Crippen molar-refractivity contribution in [3.8, 4) is 17.6 Å². The molecule has 2 aromatic carbocycles. The molecule has 2 rings (SSSR count). The zero-order valence-corrected chi connectivity index (χ0v) is 16.1. The maximum Gasteiger partial charge on any atom is 0.261 e. The van der Waals surface area contributed by atoms with Gasteiger partial charge in [0.1, 0.15) is 0 Å². The fourth-order valence-corrected chi connectivity index (χ4v) is 2.91. The van der Waals surface area contributed by atoms with Crippen molar-refractivity contribution in [2.45, 2.75) is 26.0 Å². The lowest BCUT2D eigenvalue weighted by Crippen LogP contribution is -2.37. The number of amides is 1. The van der Waals surface area contributed by atoms with Crippen molar-refractivity contribution in [3.63, 3.8) is 0 Å². The number of halogens is 2. The van der Waals surface area contributed by atoms with Crippen molar-refractivity contribution < 1.29 is 14.3 Å². The lowest BCUT2D eigenvalue weighted by atomic mass is 10.1. The standard InChI is InChI=1S/C19H18Cl2N2O3/c1-11(15-6-5-14(20)9-16(15)21)23-19(24)12(2)26-17-7-4-13(10-22)8-18(17)25-3/h4-9,11-12H,1-3H3,(H,23,24)/t11-,12-/m0/s1. The molecule has 0 unspecified atom stereocenters. The first kappa shape index (κ1) is 19.9. The van der Waals surface area contributed by atoms with Gasteiger partial charge in [-0.2, -0.15) is 5.26 Å². The topological polar surface area (TPSA) is 71.3 Å². The number of nitrogens with one attached hydrogen (secondary N) is 1. The van der Waals surface area contributed by atoms with E-state index >= 15 is 0 Å². The summed E-state index contributed by atoms with van der Waals surface area (Å²) in [5.74, 6) is 0.457. The maximum absolute atomic E-state index is 12.4. The van der Waals surface area contributed by atoms with Crippen LogP contribution in [0.1, 0.15) is 31.0 Å². The minimum Gasteiger partial charge on any atom is -0.493 e. The molecule has 0 saturated carbocycles. The Hall–Kier alpha value is -2.42. The van der Waals surface area contributed by atoms with E-state index in [0.717, 1.165) is 5.56 Å². The van der Waals surface area contributed by atoms with Gasteiger partial charge in [0.15, 0.2) is 17.6 Å². The Morgan fingerprint density at radius 3 is 2.50 bits per heavy atom. The highest BCUT2D eigenvalue weighted by atomic mass is 35.5. The van der Waals surface area contributed by atoms with Crippen LogP contribution in [0, 0.1) is 11.3 Å². The molecule has 0 fully saturated rings. The average Bonchev–Trinajstić information content (AvgIpc) is 2.61. The molecule has 136 valence electrons. The van der Waals surface area contributed by atoms with Crippen molar-refractivity contribution >= 4 is 29.1 Å². The number of nitriles is 1. The van der Waals surface area contributed by atoms with Gasteiger partial charge in [-0.3, -0.25) is 4.79 Å². The van der Waals surface area contributed by atoms with Crippen LogP contribution in [-0.2, 0) is 4.79 Å². The summed E-state index contributed by atoms with van der Waals surface area (Å²) in [5, 5.41) is 12.8. The molecule has 0 aliphatic heterocycles. The highest BCUT2D eigenvalue weighted by Gasteiger charge is 2.20. The molecule has 0 radical (unpaired) electrons. The molecule has 26 heavy (non-hydrogen) atoms. The zero-order chi connectivity index (χ0) is 19.3. The van der Waals surface area contributed by atoms with E-state index in [9.17, 15) is 4.79 Å². The van der Waals surface area contributed by atoms with Crippen LogP contribution in [0.2, 0.25) is 10.0 Å². The van der Waals surface area contributed by atoms with Crippen molar-refractivity contribution in [1.82, 2.24) is 5.32 Å². The van der Waals surface area contributed by atoms with Crippen LogP contribution in [-0.4, -0.2) is 19.1 Å². The minimum atomic E-state index is -0.773. The number of carbonyl (C=O) groups is 1. The molecule has 0 bridgehead atoms. The number of hydrogen-bond acceptors (Lipinski definition) is 4. The molecule has 7 heteroatoms. The highest BCUT2D eigenvalue weighted by Crippen LogP contribution is 2.29. The summed E-state index contributed by atoms with van der Waals surface area (Å²) in [6.45, 7) is 3.45. The third kappa shape index (κ3) is 4.81. The summed E-state index contributed by atoms with van der Waals surface area (Å²) >= 11 is 12.1. The lowest BCUT2D eigenvalue weighted by molar-refractivity contribution is -0.127. The first-order chi connectivity index (χ1) is 12.3. The molecule has 0 aromatic heterocycles. The first-order valence-corrected chi connectivity index (χ1v) is 8.61. The van der Waals surface area contributed by atoms with Crippen LogP contribution in [0.25, 0.3) is 0 Å². The number of rotatable bonds is 6. The second-order valence-electron chi connectivity index (χ2n) is 5.63. The van der Waals surface area contributed by atoms with Crippen LogP contribution in [0.5, 0.6) is 11.5 Å². The summed E-state index contributed by atoms with van der Waals surface area (Å²) in [6, 6.07) is 11.6. The Kier molecular flexibility index (Phi) is 6.73. The Bertz CT molecular complexity index is 849. The van der Waals surface area contributed by atoms with Crippen LogP contribution in [0.15, 0.2) is 36.4 Å². The van der Waals surface area contributed by atoms with E-state index in [1.165, 1.54) is 7.11 Å². The largest absolute Gasteiger partial charge is 0.493 e. The summed E-state index contributed by atoms with van der Waals surface area (Å²) in [4.78, 5) is 12.4. The van der Waals surface area contributed by atoms with Gasteiger partial charge in [-0.25, -0.2) is 0 Å². The third-order valence-electron chi connectivity index (χ3n) is 3.75. The van der Waals surface area contributed by atoms with E-state index < -0.39 is 6.10 Å². The van der Waals surface area contributed by atoms with Crippen LogP contribution < -0.4 is 14.8 Å². The molecule has 1 amide bonds. The van der Waals surface area contributed by atoms with Crippen LogP contribution >= 0.6 is 23.2 Å². The molecule has 5 nitrogen and oxygen atoms in total. The number of methoxy groups -OCH3 is 1. The Balaban J connectivity index is 2.07. The highest BCUT2D eigenvalue weighted by molar-refractivity contribution is 6.35. The van der Waals surface area contributed by atoms with Gasteiger partial charge >= 0.3 is 0 Å². The van der Waals surface area contributed by atoms with E-state index in [4.69, 9.17) is 37.9 Å². The molecule has 0 spiro atoms. The average molecular weight is 393 g/mol. The van der Waals surface area contributed by atoms with Crippen molar-refractivity contribution in [1.29, 1.82) is 5.26 Å². The van der Waals surface area contributed by atoms with Gasteiger partial charge in [0, 0.05) is 16.1 Å². The smallest absolute Gasteiger partial charge is 0.261 e. The van der Waals surface area contributed by atoms with Crippen molar-refractivity contribution in [2.24, 2.45) is 0 Å². The molecule has 0 aliphatic carbocycles. The van der Waals surface area contributed by atoms with E-state index in [0.29, 0.717) is 27.1 Å².